The highest BCUT2D eigenvalue weighted by atomic mass is 32.1. The van der Waals surface area contributed by atoms with Crippen LogP contribution in [0.5, 0.6) is 0 Å². The minimum absolute atomic E-state index is 0.0792. The number of ether oxygens (including phenoxy) is 1. The van der Waals surface area contributed by atoms with Gasteiger partial charge in [0.05, 0.1) is 18.7 Å². The Morgan fingerprint density at radius 1 is 1.35 bits per heavy atom. The van der Waals surface area contributed by atoms with Gasteiger partial charge in [0.1, 0.15) is 11.9 Å². The zero-order valence-electron chi connectivity index (χ0n) is 15.3. The van der Waals surface area contributed by atoms with Gasteiger partial charge in [-0.25, -0.2) is 4.39 Å². The Kier molecular flexibility index (Phi) is 6.27. The SMILES string of the molecule is CCN(CC)c1ccc(CNC(=O)CC2OCCc3ccsc32)cc1F. The summed E-state index contributed by atoms with van der Waals surface area (Å²) in [5.74, 6) is -0.330. The van der Waals surface area contributed by atoms with Crippen molar-refractivity contribution in [2.45, 2.75) is 39.3 Å². The largest absolute Gasteiger partial charge is 0.372 e. The predicted octanol–water partition coefficient (Wildman–Crippen LogP) is 4.05. The van der Waals surface area contributed by atoms with Gasteiger partial charge in [-0.2, -0.15) is 0 Å². The first-order chi connectivity index (χ1) is 12.6. The van der Waals surface area contributed by atoms with Crippen LogP contribution in [0, 0.1) is 5.82 Å². The lowest BCUT2D eigenvalue weighted by atomic mass is 10.1. The normalized spacial score (nSPS) is 16.2. The van der Waals surface area contributed by atoms with E-state index in [9.17, 15) is 9.18 Å². The van der Waals surface area contributed by atoms with Gasteiger partial charge in [0.15, 0.2) is 0 Å². The first-order valence-electron chi connectivity index (χ1n) is 9.10. The highest BCUT2D eigenvalue weighted by Crippen LogP contribution is 2.33. The average Bonchev–Trinajstić information content (AvgIpc) is 3.12. The fraction of sp³-hybridized carbons (Fsp3) is 0.450. The van der Waals surface area contributed by atoms with Crippen LogP contribution in [0.25, 0.3) is 0 Å². The Labute approximate surface area is 158 Å². The molecule has 2 heterocycles. The van der Waals surface area contributed by atoms with Crippen molar-refractivity contribution in [2.75, 3.05) is 24.6 Å². The minimum atomic E-state index is -0.251. The van der Waals surface area contributed by atoms with Gasteiger partial charge >= 0.3 is 0 Å². The molecular formula is C20H25FN2O2S. The molecule has 0 fully saturated rings. The molecule has 1 aromatic carbocycles. The molecule has 1 aliphatic heterocycles. The van der Waals surface area contributed by atoms with Crippen LogP contribution in [0.1, 0.15) is 42.4 Å². The summed E-state index contributed by atoms with van der Waals surface area (Å²) in [4.78, 5) is 15.4. The number of fused-ring (bicyclic) bond motifs is 1. The van der Waals surface area contributed by atoms with E-state index in [2.05, 4.69) is 11.4 Å². The molecule has 1 aromatic heterocycles. The molecule has 2 aromatic rings. The number of nitrogens with one attached hydrogen (secondary N) is 1. The number of nitrogens with zero attached hydrogens (tertiary/aromatic N) is 1. The van der Waals surface area contributed by atoms with Crippen molar-refractivity contribution in [2.24, 2.45) is 0 Å². The van der Waals surface area contributed by atoms with Gasteiger partial charge in [-0.15, -0.1) is 11.3 Å². The highest BCUT2D eigenvalue weighted by Gasteiger charge is 2.24. The molecule has 6 heteroatoms. The number of halogens is 1. The van der Waals surface area contributed by atoms with Gasteiger partial charge in [0, 0.05) is 24.5 Å². The summed E-state index contributed by atoms with van der Waals surface area (Å²) in [6.45, 7) is 6.50. The lowest BCUT2D eigenvalue weighted by Gasteiger charge is -2.23. The maximum absolute atomic E-state index is 14.3. The standard InChI is InChI=1S/C20H25FN2O2S/c1-3-23(4-2)17-6-5-14(11-16(17)21)13-22-19(24)12-18-20-15(7-9-25-18)8-10-26-20/h5-6,8,10-11,18H,3-4,7,9,12-13H2,1-2H3,(H,22,24). The Hall–Kier alpha value is -1.92. The number of carbonyl (C=O) groups excluding carboxylic acids is 1. The third-order valence-electron chi connectivity index (χ3n) is 4.74. The molecule has 1 amide bonds. The van der Waals surface area contributed by atoms with Crippen molar-refractivity contribution in [1.82, 2.24) is 5.32 Å². The van der Waals surface area contributed by atoms with Crippen LogP contribution in [0.15, 0.2) is 29.6 Å². The second kappa shape index (κ2) is 8.64. The molecule has 1 atom stereocenters. The van der Waals surface area contributed by atoms with E-state index < -0.39 is 0 Å². The number of thiophene rings is 1. The summed E-state index contributed by atoms with van der Waals surface area (Å²) < 4.78 is 20.1. The fourth-order valence-corrected chi connectivity index (χ4v) is 4.30. The Bertz CT molecular complexity index is 758. The fourth-order valence-electron chi connectivity index (χ4n) is 3.30. The molecule has 26 heavy (non-hydrogen) atoms. The van der Waals surface area contributed by atoms with E-state index >= 15 is 0 Å². The molecule has 1 unspecified atom stereocenters. The zero-order chi connectivity index (χ0) is 18.5. The molecule has 0 saturated carbocycles. The second-order valence-electron chi connectivity index (χ2n) is 6.36. The highest BCUT2D eigenvalue weighted by molar-refractivity contribution is 7.10. The van der Waals surface area contributed by atoms with Gasteiger partial charge < -0.3 is 15.0 Å². The molecule has 3 rings (SSSR count). The van der Waals surface area contributed by atoms with Crippen molar-refractivity contribution >= 4 is 22.9 Å². The number of benzene rings is 1. The molecule has 0 aliphatic carbocycles. The molecular weight excluding hydrogens is 351 g/mol. The molecule has 0 saturated heterocycles. The van der Waals surface area contributed by atoms with Crippen molar-refractivity contribution in [1.29, 1.82) is 0 Å². The van der Waals surface area contributed by atoms with E-state index in [4.69, 9.17) is 4.74 Å². The smallest absolute Gasteiger partial charge is 0.223 e. The van der Waals surface area contributed by atoms with Crippen LogP contribution in [0.4, 0.5) is 10.1 Å². The van der Waals surface area contributed by atoms with E-state index in [1.54, 1.807) is 17.4 Å². The van der Waals surface area contributed by atoms with Crippen molar-refractivity contribution < 1.29 is 13.9 Å². The van der Waals surface area contributed by atoms with Gasteiger partial charge in [0.25, 0.3) is 0 Å². The third-order valence-corrected chi connectivity index (χ3v) is 5.79. The van der Waals surface area contributed by atoms with E-state index in [1.165, 1.54) is 11.6 Å². The van der Waals surface area contributed by atoms with Crippen molar-refractivity contribution in [3.8, 4) is 0 Å². The number of carbonyl (C=O) groups is 1. The van der Waals surface area contributed by atoms with E-state index in [0.717, 1.165) is 30.0 Å². The zero-order valence-corrected chi connectivity index (χ0v) is 16.1. The lowest BCUT2D eigenvalue weighted by molar-refractivity contribution is -0.124. The maximum Gasteiger partial charge on any atom is 0.223 e. The Morgan fingerprint density at radius 3 is 2.88 bits per heavy atom. The summed E-state index contributed by atoms with van der Waals surface area (Å²) >= 11 is 1.64. The summed E-state index contributed by atoms with van der Waals surface area (Å²) in [5, 5.41) is 4.92. The number of hydrogen-bond acceptors (Lipinski definition) is 4. The molecule has 1 aliphatic rings. The predicted molar refractivity (Wildman–Crippen MR) is 103 cm³/mol. The molecule has 0 radical (unpaired) electrons. The van der Waals surface area contributed by atoms with Crippen LogP contribution >= 0.6 is 11.3 Å². The van der Waals surface area contributed by atoms with Gasteiger partial charge in [-0.1, -0.05) is 6.07 Å². The summed E-state index contributed by atoms with van der Waals surface area (Å²) in [5.41, 5.74) is 2.65. The van der Waals surface area contributed by atoms with E-state index in [0.29, 0.717) is 25.3 Å². The van der Waals surface area contributed by atoms with Gasteiger partial charge in [0.2, 0.25) is 5.91 Å². The van der Waals surface area contributed by atoms with Crippen LogP contribution < -0.4 is 10.2 Å². The first-order valence-corrected chi connectivity index (χ1v) is 9.98. The molecule has 4 nitrogen and oxygen atoms in total. The molecule has 1 N–H and O–H groups in total. The number of hydrogen-bond donors (Lipinski definition) is 1. The number of anilines is 1. The lowest BCUT2D eigenvalue weighted by Crippen LogP contribution is -2.27. The molecule has 140 valence electrons. The molecule has 0 spiro atoms. The Morgan fingerprint density at radius 2 is 2.15 bits per heavy atom. The topological polar surface area (TPSA) is 41.6 Å². The second-order valence-corrected chi connectivity index (χ2v) is 7.31. The average molecular weight is 376 g/mol. The third kappa shape index (κ3) is 4.24. The summed E-state index contributed by atoms with van der Waals surface area (Å²) in [7, 11) is 0. The van der Waals surface area contributed by atoms with Crippen LogP contribution in [0.3, 0.4) is 0 Å². The number of amides is 1. The summed E-state index contributed by atoms with van der Waals surface area (Å²) in [6, 6.07) is 7.26. The number of rotatable bonds is 7. The van der Waals surface area contributed by atoms with Crippen molar-refractivity contribution in [3.05, 3.63) is 51.5 Å². The van der Waals surface area contributed by atoms with Crippen LogP contribution in [-0.2, 0) is 22.5 Å². The first kappa shape index (κ1) is 18.9. The van der Waals surface area contributed by atoms with E-state index in [1.807, 2.05) is 30.2 Å². The van der Waals surface area contributed by atoms with Crippen LogP contribution in [-0.4, -0.2) is 25.6 Å². The molecule has 0 bridgehead atoms. The quantitative estimate of drug-likeness (QED) is 0.793. The summed E-state index contributed by atoms with van der Waals surface area (Å²) in [6.07, 6.45) is 1.04. The van der Waals surface area contributed by atoms with Crippen LogP contribution in [0.2, 0.25) is 0 Å². The minimum Gasteiger partial charge on any atom is -0.372 e. The van der Waals surface area contributed by atoms with Crippen molar-refractivity contribution in [3.63, 3.8) is 0 Å². The Balaban J connectivity index is 1.56. The van der Waals surface area contributed by atoms with E-state index in [-0.39, 0.29) is 17.8 Å². The monoisotopic (exact) mass is 376 g/mol. The van der Waals surface area contributed by atoms with Gasteiger partial charge in [-0.05, 0) is 55.0 Å². The maximum atomic E-state index is 14.3. The van der Waals surface area contributed by atoms with Gasteiger partial charge in [-0.3, -0.25) is 4.79 Å².